The molecule has 1 saturated carbocycles. The van der Waals surface area contributed by atoms with Crippen LogP contribution in [0.2, 0.25) is 0 Å². The summed E-state index contributed by atoms with van der Waals surface area (Å²) in [4.78, 5) is 20.8. The minimum absolute atomic E-state index is 0.244. The molecule has 26 heavy (non-hydrogen) atoms. The second-order valence-electron chi connectivity index (χ2n) is 8.80. The predicted molar refractivity (Wildman–Crippen MR) is 101 cm³/mol. The molecule has 2 atom stereocenters. The number of anilines is 1. The molecule has 1 aliphatic carbocycles. The van der Waals surface area contributed by atoms with Gasteiger partial charge in [0.15, 0.2) is 0 Å². The van der Waals surface area contributed by atoms with Gasteiger partial charge in [-0.1, -0.05) is 37.5 Å². The van der Waals surface area contributed by atoms with Crippen LogP contribution in [-0.2, 0) is 9.57 Å². The van der Waals surface area contributed by atoms with Gasteiger partial charge in [-0.3, -0.25) is 9.74 Å². The first-order valence-corrected chi connectivity index (χ1v) is 9.95. The molecule has 0 unspecified atom stereocenters. The topological polar surface area (TPSA) is 42.0 Å². The van der Waals surface area contributed by atoms with Gasteiger partial charge in [-0.15, -0.1) is 0 Å². The summed E-state index contributed by atoms with van der Waals surface area (Å²) in [5.74, 6) is 0.291. The molecule has 2 aliphatic heterocycles. The minimum atomic E-state index is -0.497. The first kappa shape index (κ1) is 17.8. The lowest BCUT2D eigenvalue weighted by Crippen LogP contribution is -2.46. The van der Waals surface area contributed by atoms with Crippen molar-refractivity contribution in [3.63, 3.8) is 0 Å². The van der Waals surface area contributed by atoms with Crippen molar-refractivity contribution in [2.75, 3.05) is 18.1 Å². The van der Waals surface area contributed by atoms with Gasteiger partial charge < -0.3 is 4.74 Å². The number of ether oxygens (including phenoxy) is 1. The largest absolute Gasteiger partial charge is 0.443 e. The van der Waals surface area contributed by atoms with Crippen molar-refractivity contribution in [3.8, 4) is 0 Å². The third-order valence-corrected chi connectivity index (χ3v) is 5.67. The van der Waals surface area contributed by atoms with Crippen molar-refractivity contribution in [1.29, 1.82) is 0 Å². The smallest absolute Gasteiger partial charge is 0.414 e. The van der Waals surface area contributed by atoms with Crippen molar-refractivity contribution in [3.05, 3.63) is 29.8 Å². The highest BCUT2D eigenvalue weighted by atomic mass is 16.7. The van der Waals surface area contributed by atoms with Crippen molar-refractivity contribution in [2.45, 2.75) is 70.6 Å². The zero-order valence-corrected chi connectivity index (χ0v) is 16.1. The van der Waals surface area contributed by atoms with Crippen LogP contribution in [0.1, 0.15) is 64.5 Å². The van der Waals surface area contributed by atoms with Crippen LogP contribution < -0.4 is 4.90 Å². The SMILES string of the molecule is CC(C)(C)OC(=O)N1C[C@@H]2CON(C3CCCCC3)[C@@H]2c2ccccc21. The van der Waals surface area contributed by atoms with E-state index in [-0.39, 0.29) is 12.1 Å². The Morgan fingerprint density at radius 2 is 1.88 bits per heavy atom. The Kier molecular flexibility index (Phi) is 4.70. The number of fused-ring (bicyclic) bond motifs is 3. The fourth-order valence-electron chi connectivity index (χ4n) is 4.58. The summed E-state index contributed by atoms with van der Waals surface area (Å²) < 4.78 is 5.66. The zero-order chi connectivity index (χ0) is 18.3. The van der Waals surface area contributed by atoms with Crippen LogP contribution in [0.5, 0.6) is 0 Å². The standard InChI is InChI=1S/C21H30N2O3/c1-21(2,3)26-20(24)22-13-15-14-25-23(16-9-5-4-6-10-16)19(15)17-11-7-8-12-18(17)22/h7-8,11-12,15-16,19H,4-6,9-10,13-14H2,1-3H3/t15-,19+/m1/s1. The maximum atomic E-state index is 12.8. The van der Waals surface area contributed by atoms with E-state index in [0.29, 0.717) is 25.1 Å². The fraction of sp³-hybridized carbons (Fsp3) is 0.667. The Bertz CT molecular complexity index is 663. The lowest BCUT2D eigenvalue weighted by Gasteiger charge is -2.41. The van der Waals surface area contributed by atoms with Gasteiger partial charge in [-0.2, -0.15) is 5.06 Å². The van der Waals surface area contributed by atoms with Gasteiger partial charge in [0.2, 0.25) is 0 Å². The number of nitrogens with zero attached hydrogens (tertiary/aromatic N) is 2. The first-order valence-electron chi connectivity index (χ1n) is 9.95. The average molecular weight is 358 g/mol. The monoisotopic (exact) mass is 358 g/mol. The van der Waals surface area contributed by atoms with E-state index in [9.17, 15) is 4.79 Å². The minimum Gasteiger partial charge on any atom is -0.443 e. The van der Waals surface area contributed by atoms with Crippen LogP contribution in [0.15, 0.2) is 24.3 Å². The zero-order valence-electron chi connectivity index (χ0n) is 16.1. The van der Waals surface area contributed by atoms with Gasteiger partial charge in [0.1, 0.15) is 5.60 Å². The summed E-state index contributed by atoms with van der Waals surface area (Å²) in [6.45, 7) is 7.06. The summed E-state index contributed by atoms with van der Waals surface area (Å²) in [6.07, 6.45) is 6.06. The summed E-state index contributed by atoms with van der Waals surface area (Å²) in [5.41, 5.74) is 1.66. The Hall–Kier alpha value is -1.59. The lowest BCUT2D eigenvalue weighted by molar-refractivity contribution is -0.170. The molecule has 1 amide bonds. The number of hydroxylamine groups is 2. The van der Waals surface area contributed by atoms with Crippen LogP contribution in [0.4, 0.5) is 10.5 Å². The molecule has 5 nitrogen and oxygen atoms in total. The molecule has 1 saturated heterocycles. The molecule has 0 spiro atoms. The third kappa shape index (κ3) is 3.35. The van der Waals surface area contributed by atoms with E-state index in [1.54, 1.807) is 4.90 Å². The number of rotatable bonds is 1. The van der Waals surface area contributed by atoms with E-state index >= 15 is 0 Å². The van der Waals surface area contributed by atoms with E-state index in [0.717, 1.165) is 5.69 Å². The van der Waals surface area contributed by atoms with Gasteiger partial charge in [0.25, 0.3) is 0 Å². The van der Waals surface area contributed by atoms with Gasteiger partial charge in [-0.25, -0.2) is 4.79 Å². The molecule has 0 radical (unpaired) electrons. The Labute approximate surface area is 156 Å². The molecule has 0 bridgehead atoms. The second kappa shape index (κ2) is 6.86. The van der Waals surface area contributed by atoms with Gasteiger partial charge in [0.05, 0.1) is 18.3 Å². The highest BCUT2D eigenvalue weighted by molar-refractivity contribution is 5.89. The number of hydrogen-bond donors (Lipinski definition) is 0. The third-order valence-electron chi connectivity index (χ3n) is 5.67. The van der Waals surface area contributed by atoms with Crippen LogP contribution in [0.25, 0.3) is 0 Å². The molecule has 4 rings (SSSR count). The Balaban J connectivity index is 1.63. The van der Waals surface area contributed by atoms with E-state index in [4.69, 9.17) is 9.57 Å². The van der Waals surface area contributed by atoms with Crippen molar-refractivity contribution in [2.24, 2.45) is 5.92 Å². The van der Waals surface area contributed by atoms with Crippen molar-refractivity contribution >= 4 is 11.8 Å². The lowest BCUT2D eigenvalue weighted by atomic mass is 9.86. The van der Waals surface area contributed by atoms with Crippen molar-refractivity contribution < 1.29 is 14.4 Å². The Morgan fingerprint density at radius 3 is 2.62 bits per heavy atom. The quantitative estimate of drug-likeness (QED) is 0.731. The normalized spacial score (nSPS) is 27.1. The number of carbonyl (C=O) groups is 1. The summed E-state index contributed by atoms with van der Waals surface area (Å²) >= 11 is 0. The number of amides is 1. The first-order chi connectivity index (χ1) is 12.4. The number of hydrogen-bond acceptors (Lipinski definition) is 4. The number of carbonyl (C=O) groups excluding carboxylic acids is 1. The molecule has 2 fully saturated rings. The van der Waals surface area contributed by atoms with E-state index in [1.165, 1.54) is 37.7 Å². The van der Waals surface area contributed by atoms with Gasteiger partial charge in [0, 0.05) is 18.5 Å². The molecule has 5 heteroatoms. The molecule has 1 aromatic carbocycles. The van der Waals surface area contributed by atoms with Crippen LogP contribution in [0.3, 0.4) is 0 Å². The van der Waals surface area contributed by atoms with Gasteiger partial charge in [-0.05, 0) is 45.2 Å². The molecule has 142 valence electrons. The fourth-order valence-corrected chi connectivity index (χ4v) is 4.58. The maximum absolute atomic E-state index is 12.8. The molecular weight excluding hydrogens is 328 g/mol. The van der Waals surface area contributed by atoms with E-state index in [2.05, 4.69) is 17.2 Å². The van der Waals surface area contributed by atoms with Crippen molar-refractivity contribution in [1.82, 2.24) is 5.06 Å². The molecule has 2 heterocycles. The average Bonchev–Trinajstić information content (AvgIpc) is 3.04. The van der Waals surface area contributed by atoms with Crippen LogP contribution in [-0.4, -0.2) is 36.0 Å². The maximum Gasteiger partial charge on any atom is 0.414 e. The van der Waals surface area contributed by atoms with E-state index in [1.807, 2.05) is 32.9 Å². The molecule has 0 N–H and O–H groups in total. The summed E-state index contributed by atoms with van der Waals surface area (Å²) in [6, 6.07) is 8.98. The van der Waals surface area contributed by atoms with E-state index < -0.39 is 5.60 Å². The predicted octanol–water partition coefficient (Wildman–Crippen LogP) is 4.68. The molecule has 0 aromatic heterocycles. The molecular formula is C21H30N2O3. The molecule has 1 aromatic rings. The van der Waals surface area contributed by atoms with Gasteiger partial charge >= 0.3 is 6.09 Å². The van der Waals surface area contributed by atoms with Crippen LogP contribution in [0, 0.1) is 5.92 Å². The number of benzene rings is 1. The summed E-state index contributed by atoms with van der Waals surface area (Å²) in [7, 11) is 0. The number of para-hydroxylation sites is 1. The Morgan fingerprint density at radius 1 is 1.15 bits per heavy atom. The molecule has 3 aliphatic rings. The highest BCUT2D eigenvalue weighted by Gasteiger charge is 2.47. The van der Waals surface area contributed by atoms with Crippen LogP contribution >= 0.6 is 0 Å². The summed E-state index contributed by atoms with van der Waals surface area (Å²) in [5, 5.41) is 2.26. The highest BCUT2D eigenvalue weighted by Crippen LogP contribution is 2.47. The second-order valence-corrected chi connectivity index (χ2v) is 8.80.